The minimum absolute atomic E-state index is 0.0155. The number of carboxylic acids is 1. The Bertz CT molecular complexity index is 2270. The van der Waals surface area contributed by atoms with Crippen LogP contribution in [0.2, 0.25) is 0 Å². The highest BCUT2D eigenvalue weighted by Gasteiger charge is 2.43. The Hall–Kier alpha value is -6.70. The number of nitrogens with two attached hydrogens (primary N) is 2. The molecule has 2 aromatic rings. The van der Waals surface area contributed by atoms with Gasteiger partial charge in [-0.05, 0) is 79.7 Å². The number of aliphatic carboxylic acids is 1. The van der Waals surface area contributed by atoms with Crippen molar-refractivity contribution in [3.63, 3.8) is 0 Å². The van der Waals surface area contributed by atoms with Crippen molar-refractivity contribution in [3.8, 4) is 5.75 Å². The number of unbranched alkanes of at least 4 members (excludes halogenated alkanes) is 1. The van der Waals surface area contributed by atoms with E-state index in [0.29, 0.717) is 81.6 Å². The fourth-order valence-electron chi connectivity index (χ4n) is 7.99. The number of guanidine groups is 1. The molecule has 0 spiro atoms. The normalized spacial score (nSPS) is 23.0. The van der Waals surface area contributed by atoms with Crippen LogP contribution in [0.5, 0.6) is 5.75 Å². The van der Waals surface area contributed by atoms with E-state index < -0.39 is 99.9 Å². The molecule has 0 aromatic heterocycles. The number of benzene rings is 2. The molecule has 3 aliphatic rings. The van der Waals surface area contributed by atoms with Crippen LogP contribution in [-0.4, -0.2) is 195 Å². The molecule has 5 rings (SSSR count). The highest BCUT2D eigenvalue weighted by molar-refractivity contribution is 7.80. The first-order valence-corrected chi connectivity index (χ1v) is 25.5. The lowest BCUT2D eigenvalue weighted by atomic mass is 10.0. The van der Waals surface area contributed by atoms with Gasteiger partial charge in [-0.1, -0.05) is 24.3 Å². The number of halogens is 1. The van der Waals surface area contributed by atoms with E-state index in [-0.39, 0.29) is 57.0 Å². The first-order chi connectivity index (χ1) is 34.9. The van der Waals surface area contributed by atoms with Crippen LogP contribution in [0.25, 0.3) is 0 Å². The maximum absolute atomic E-state index is 14.1. The van der Waals surface area contributed by atoms with Gasteiger partial charge in [0, 0.05) is 71.0 Å². The van der Waals surface area contributed by atoms with E-state index >= 15 is 0 Å². The fraction of sp³-hybridized carbons (Fsp3) is 0.511. The number of hydrogen-bond donors (Lipinski definition) is 11. The number of rotatable bonds is 16. The third-order valence-electron chi connectivity index (χ3n) is 11.8. The van der Waals surface area contributed by atoms with Gasteiger partial charge in [0.15, 0.2) is 11.1 Å². The molecule has 25 nitrogen and oxygen atoms in total. The maximum atomic E-state index is 14.1. The summed E-state index contributed by atoms with van der Waals surface area (Å²) in [7, 11) is 0. The largest absolute Gasteiger partial charge is 1.15 e. The summed E-state index contributed by atoms with van der Waals surface area (Å²) in [6.45, 7) is 3.43. The van der Waals surface area contributed by atoms with Gasteiger partial charge in [0.25, 0.3) is 11.9 Å². The summed E-state index contributed by atoms with van der Waals surface area (Å²) in [5.41, 5.74) is 13.1. The predicted molar refractivity (Wildman–Crippen MR) is 266 cm³/mol. The van der Waals surface area contributed by atoms with Crippen molar-refractivity contribution in [2.75, 3.05) is 77.3 Å². The molecular formula is C45H63AlFN13O12S. The second kappa shape index (κ2) is 29.1. The molecule has 2 unspecified atom stereocenters. The number of phenols is 1. The lowest BCUT2D eigenvalue weighted by Crippen LogP contribution is -2.58. The molecule has 3 aliphatic heterocycles. The molecule has 0 saturated carbocycles. The molecule has 3 fully saturated rings. The van der Waals surface area contributed by atoms with Crippen LogP contribution in [0.3, 0.4) is 0 Å². The Morgan fingerprint density at radius 1 is 0.740 bits per heavy atom. The number of carbonyl (C=O) groups excluding carboxylic acids is 7. The van der Waals surface area contributed by atoms with Gasteiger partial charge in [0.1, 0.15) is 29.9 Å². The minimum Gasteiger partial charge on any atom is -0.558 e. The topological polar surface area (TPSA) is 354 Å². The van der Waals surface area contributed by atoms with Crippen LogP contribution in [0, 0.1) is 0 Å². The Morgan fingerprint density at radius 2 is 1.29 bits per heavy atom. The summed E-state index contributed by atoms with van der Waals surface area (Å²) in [5, 5.41) is 38.6. The second-order valence-electron chi connectivity index (χ2n) is 17.6. The zero-order valence-corrected chi connectivity index (χ0v) is 42.1. The van der Waals surface area contributed by atoms with Gasteiger partial charge in [-0.2, -0.15) is 0 Å². The van der Waals surface area contributed by atoms with E-state index in [9.17, 15) is 52.1 Å². The highest BCUT2D eigenvalue weighted by atomic mass is 32.1. The molecule has 6 atom stereocenters. The number of anilines is 1. The number of fused-ring (bicyclic) bond motifs is 3. The quantitative estimate of drug-likeness (QED) is 0.0265. The molecule has 2 aromatic carbocycles. The van der Waals surface area contributed by atoms with Crippen LogP contribution in [0.4, 0.5) is 9.21 Å². The number of nitrogens with zero attached hydrogens (tertiary/aromatic N) is 4. The SMILES string of the molecule is NC(N)=NCCC[C@@H]1NC(=O)[C@H](CCCCNC(=S)Nc2ccc(CN3CCN4CCN(CC3)CC(=O)[O][Al]([F])[O]C(=O)C4)cc2)NC(=O)[C@@H](Cc2ccc(O)cc2)NC(=O)[C@H](CC(=O)O)NC(=O)CNC1=O. The van der Waals surface area contributed by atoms with E-state index in [1.54, 1.807) is 0 Å². The third kappa shape index (κ3) is 20.7. The van der Waals surface area contributed by atoms with E-state index in [4.69, 9.17) is 31.3 Å². The van der Waals surface area contributed by atoms with Crippen molar-refractivity contribution in [2.45, 2.75) is 75.7 Å². The van der Waals surface area contributed by atoms with Crippen LogP contribution >= 0.6 is 12.2 Å². The first-order valence-electron chi connectivity index (χ1n) is 23.8. The van der Waals surface area contributed by atoms with Gasteiger partial charge in [0.2, 0.25) is 29.5 Å². The number of nitrogens with one attached hydrogen (secondary N) is 7. The van der Waals surface area contributed by atoms with E-state index in [1.807, 2.05) is 34.1 Å². The van der Waals surface area contributed by atoms with Crippen molar-refractivity contribution in [2.24, 2.45) is 16.5 Å². The average Bonchev–Trinajstić information content (AvgIpc) is 3.40. The molecule has 5 amide bonds. The Kier molecular flexibility index (Phi) is 22.8. The molecule has 2 bridgehead atoms. The number of aliphatic imine (C=N–C) groups is 1. The molecule has 3 saturated heterocycles. The Balaban J connectivity index is 1.21. The summed E-state index contributed by atoms with van der Waals surface area (Å²) in [4.78, 5) is 114. The number of hydrogen-bond acceptors (Lipinski definition) is 16. The number of amides is 5. The van der Waals surface area contributed by atoms with Gasteiger partial charge in [-0.3, -0.25) is 58.0 Å². The van der Waals surface area contributed by atoms with Gasteiger partial charge >= 0.3 is 21.2 Å². The summed E-state index contributed by atoms with van der Waals surface area (Å²) in [6, 6.07) is 7.88. The van der Waals surface area contributed by atoms with Crippen LogP contribution < -0.4 is 48.7 Å². The van der Waals surface area contributed by atoms with Crippen molar-refractivity contribution in [1.82, 2.24) is 46.6 Å². The van der Waals surface area contributed by atoms with Gasteiger partial charge in [-0.15, -0.1) is 0 Å². The summed E-state index contributed by atoms with van der Waals surface area (Å²) in [6.07, 6.45) is 0.0748. The zero-order chi connectivity index (χ0) is 52.9. The molecule has 73 heavy (non-hydrogen) atoms. The predicted octanol–water partition coefficient (Wildman–Crippen LogP) is -2.84. The van der Waals surface area contributed by atoms with Gasteiger partial charge in [0.05, 0.1) is 26.1 Å². The smallest absolute Gasteiger partial charge is 0.558 e. The molecule has 0 radical (unpaired) electrons. The van der Waals surface area contributed by atoms with Gasteiger partial charge in [-0.25, -0.2) is 0 Å². The van der Waals surface area contributed by atoms with E-state index in [0.717, 1.165) is 5.56 Å². The number of carboxylic acid groups (broad SMARTS) is 1. The third-order valence-corrected chi connectivity index (χ3v) is 13.0. The van der Waals surface area contributed by atoms with Crippen LogP contribution in [0.15, 0.2) is 53.5 Å². The maximum Gasteiger partial charge on any atom is 1.15 e. The first kappa shape index (κ1) is 57.2. The molecule has 0 aliphatic carbocycles. The monoisotopic (exact) mass is 1060 g/mol. The molecule has 3 heterocycles. The standard InChI is InChI=1S/C45H65N13O12S.Al.FH/c46-44(47)48-15-3-5-32-40(67)50-24-36(60)52-35(23-37(61)62)43(70)55-34(22-28-8-12-31(59)13-9-28)42(69)54-33(41(68)53-32)4-1-2-14-49-45(71)51-30-10-6-29(7-11-30)25-56-16-18-57(26-38(63)64)20-21-58(19-17-56)27-39(65)66;;/h6-13,32-35,59H,1-5,14-27H2,(H,50,67)(H,52,60)(H,53,68)(H,54,69)(H,55,70)(H,61,62)(H,63,64)(H,65,66)(H4,46,47,48)(H2,49,51,71);;1H/q;+3;/p-3/t32-,33-,34+,35-;;/m0../s1. The zero-order valence-electron chi connectivity index (χ0n) is 40.1. The molecule has 396 valence electrons. The highest BCUT2D eigenvalue weighted by Crippen LogP contribution is 2.16. The molecule has 28 heteroatoms. The summed E-state index contributed by atoms with van der Waals surface area (Å²) >= 11 is 1.66. The number of carbonyl (C=O) groups is 8. The van der Waals surface area contributed by atoms with Crippen molar-refractivity contribution in [1.29, 1.82) is 0 Å². The van der Waals surface area contributed by atoms with E-state index in [1.165, 1.54) is 24.3 Å². The lowest BCUT2D eigenvalue weighted by Gasteiger charge is -2.26. The van der Waals surface area contributed by atoms with Crippen LogP contribution in [-0.2, 0) is 58.9 Å². The molecule has 13 N–H and O–H groups in total. The van der Waals surface area contributed by atoms with E-state index in [2.05, 4.69) is 47.1 Å². The fourth-order valence-corrected chi connectivity index (χ4v) is 8.82. The number of aromatic hydroxyl groups is 1. The number of phenolic OH excluding ortho intramolecular Hbond substituents is 1. The second-order valence-corrected chi connectivity index (χ2v) is 19.0. The summed E-state index contributed by atoms with van der Waals surface area (Å²) in [5.74, 6) is -7.45. The van der Waals surface area contributed by atoms with Gasteiger partial charge < -0.3 is 70.0 Å². The average molecular weight is 1060 g/mol. The molecular weight excluding hydrogens is 993 g/mol. The number of thiocarbonyl (C=S) groups is 1. The summed E-state index contributed by atoms with van der Waals surface area (Å²) < 4.78 is 23.6. The minimum atomic E-state index is -3.90. The van der Waals surface area contributed by atoms with Crippen molar-refractivity contribution < 1.29 is 59.7 Å². The lowest BCUT2D eigenvalue weighted by molar-refractivity contribution is -0.143. The Labute approximate surface area is 431 Å². The van der Waals surface area contributed by atoms with Crippen molar-refractivity contribution in [3.05, 3.63) is 59.7 Å². The van der Waals surface area contributed by atoms with Crippen molar-refractivity contribution >= 4 is 91.7 Å². The van der Waals surface area contributed by atoms with Crippen LogP contribution in [0.1, 0.15) is 49.7 Å². The Morgan fingerprint density at radius 3 is 1.90 bits per heavy atom.